The van der Waals surface area contributed by atoms with Crippen LogP contribution in [-0.4, -0.2) is 60.4 Å². The molecular weight excluding hydrogens is 639 g/mol. The third-order valence-electron chi connectivity index (χ3n) is 8.97. The monoisotopic (exact) mass is 667 g/mol. The molecule has 0 spiro atoms. The second-order valence-corrected chi connectivity index (χ2v) is 12.6. The van der Waals surface area contributed by atoms with Gasteiger partial charge in [-0.3, -0.25) is 9.88 Å². The molecule has 1 unspecified atom stereocenters. The van der Waals surface area contributed by atoms with Gasteiger partial charge >= 0.3 is 12.1 Å². The minimum Gasteiger partial charge on any atom is -0.443 e. The zero-order valence-electron chi connectivity index (χ0n) is 25.2. The highest BCUT2D eigenvalue weighted by atomic mass is 35.5. The number of fused-ring (bicyclic) bond motifs is 2. The van der Waals surface area contributed by atoms with Gasteiger partial charge in [-0.2, -0.15) is 18.2 Å². The van der Waals surface area contributed by atoms with Gasteiger partial charge < -0.3 is 23.3 Å². The van der Waals surface area contributed by atoms with Gasteiger partial charge in [-0.15, -0.1) is 0 Å². The minimum absolute atomic E-state index is 0.0565. The topological polar surface area (TPSA) is 113 Å². The molecule has 5 aromatic rings. The number of ether oxygens (including phenoxy) is 3. The molecule has 2 fully saturated rings. The fourth-order valence-electron chi connectivity index (χ4n) is 6.40. The lowest BCUT2D eigenvalue weighted by atomic mass is 9.88. The van der Waals surface area contributed by atoms with Crippen LogP contribution in [0.2, 0.25) is 5.02 Å². The number of halogens is 4. The highest BCUT2D eigenvalue weighted by Gasteiger charge is 2.42. The molecule has 2 atom stereocenters. The Hall–Kier alpha value is -4.27. The molecule has 3 aliphatic heterocycles. The number of hydrogen-bond donors (Lipinski definition) is 0. The van der Waals surface area contributed by atoms with Gasteiger partial charge in [0.05, 0.1) is 24.2 Å². The Morgan fingerprint density at radius 1 is 1.02 bits per heavy atom. The average Bonchev–Trinajstić information content (AvgIpc) is 3.75. The number of likely N-dealkylation sites (tertiary alicyclic amines) is 1. The molecular formula is C32H29ClF3N7O4. The van der Waals surface area contributed by atoms with Gasteiger partial charge in [0, 0.05) is 37.1 Å². The molecule has 0 bridgehead atoms. The molecule has 4 aromatic heterocycles. The van der Waals surface area contributed by atoms with Crippen molar-refractivity contribution in [3.63, 3.8) is 0 Å². The minimum atomic E-state index is -4.73. The molecule has 15 heteroatoms. The number of rotatable bonds is 7. The van der Waals surface area contributed by atoms with E-state index >= 15 is 0 Å². The molecule has 0 amide bonds. The van der Waals surface area contributed by atoms with E-state index in [9.17, 15) is 13.2 Å². The van der Waals surface area contributed by atoms with Crippen LogP contribution in [0.5, 0.6) is 11.5 Å². The normalized spacial score (nSPS) is 21.8. The maximum atomic E-state index is 13.0. The Balaban J connectivity index is 0.996. The number of alkyl halides is 3. The van der Waals surface area contributed by atoms with Gasteiger partial charge in [-0.1, -0.05) is 28.9 Å². The van der Waals surface area contributed by atoms with Crippen molar-refractivity contribution < 1.29 is 31.9 Å². The summed E-state index contributed by atoms with van der Waals surface area (Å²) in [6.45, 7) is 5.40. The smallest absolute Gasteiger partial charge is 0.443 e. The number of para-hydroxylation sites is 1. The van der Waals surface area contributed by atoms with Crippen molar-refractivity contribution in [3.05, 3.63) is 76.8 Å². The lowest BCUT2D eigenvalue weighted by molar-refractivity contribution is -0.159. The number of piperidine rings is 1. The second-order valence-electron chi connectivity index (χ2n) is 12.1. The maximum Gasteiger partial charge on any atom is 0.471 e. The first-order valence-corrected chi connectivity index (χ1v) is 15.7. The van der Waals surface area contributed by atoms with E-state index in [1.165, 1.54) is 6.20 Å². The fraction of sp³-hybridized carbons (Fsp3) is 0.406. The first-order chi connectivity index (χ1) is 22.6. The second kappa shape index (κ2) is 11.5. The van der Waals surface area contributed by atoms with E-state index in [-0.39, 0.29) is 23.4 Å². The molecule has 7 heterocycles. The standard InChI is InChI=1S/C32H29ClF3N7O4/c1-31(25-6-5-20(33)15-37-25)45-24-4-2-3-22(27(24)46-31)18-7-10-42(11-8-18)17-26-39-23-13-19(28-40-30(47-41-28)32(34,35)36)14-38-29(23)43(26)16-21-9-12-44-21/h2-6,13-15,18,21H,7-12,16-17H2,1H3/t21-,31?/m0/s1. The summed E-state index contributed by atoms with van der Waals surface area (Å²) in [5.41, 5.74) is 3.21. The SMILES string of the molecule is CC1(c2ccc(Cl)cn2)Oc2cccc(C3CCN(Cc4nc5cc(-c6noc(C(F)(F)F)n6)cnc5n4C[C@@H]4CCO4)CC3)c2O1. The summed E-state index contributed by atoms with van der Waals surface area (Å²) in [5, 5.41) is 4.04. The predicted octanol–water partition coefficient (Wildman–Crippen LogP) is 6.36. The average molecular weight is 668 g/mol. The molecule has 0 N–H and O–H groups in total. The first kappa shape index (κ1) is 30.1. The van der Waals surface area contributed by atoms with Gasteiger partial charge in [0.25, 0.3) is 5.79 Å². The number of aromatic nitrogens is 6. The van der Waals surface area contributed by atoms with Crippen LogP contribution < -0.4 is 9.47 Å². The molecule has 1 aromatic carbocycles. The lowest BCUT2D eigenvalue weighted by Gasteiger charge is -2.33. The predicted molar refractivity (Wildman–Crippen MR) is 162 cm³/mol. The summed E-state index contributed by atoms with van der Waals surface area (Å²) < 4.78 is 64.0. The van der Waals surface area contributed by atoms with Crippen molar-refractivity contribution >= 4 is 22.8 Å². The maximum absolute atomic E-state index is 13.0. The van der Waals surface area contributed by atoms with E-state index in [0.717, 1.165) is 49.5 Å². The van der Waals surface area contributed by atoms with Crippen LogP contribution >= 0.6 is 11.6 Å². The van der Waals surface area contributed by atoms with Crippen molar-refractivity contribution in [2.24, 2.45) is 0 Å². The molecule has 0 saturated carbocycles. The van der Waals surface area contributed by atoms with Gasteiger partial charge in [0.2, 0.25) is 5.82 Å². The summed E-state index contributed by atoms with van der Waals surface area (Å²) in [6.07, 6.45) is 1.10. The van der Waals surface area contributed by atoms with Crippen molar-refractivity contribution in [2.75, 3.05) is 19.7 Å². The number of imidazole rings is 1. The summed E-state index contributed by atoms with van der Waals surface area (Å²) in [4.78, 5) is 19.7. The van der Waals surface area contributed by atoms with E-state index in [1.54, 1.807) is 18.3 Å². The number of pyridine rings is 2. The quantitative estimate of drug-likeness (QED) is 0.194. The Bertz CT molecular complexity index is 1940. The van der Waals surface area contributed by atoms with E-state index in [2.05, 4.69) is 35.6 Å². The summed E-state index contributed by atoms with van der Waals surface area (Å²) in [5.74, 6) is -0.128. The molecule has 11 nitrogen and oxygen atoms in total. The van der Waals surface area contributed by atoms with E-state index < -0.39 is 17.9 Å². The molecule has 47 heavy (non-hydrogen) atoms. The zero-order valence-corrected chi connectivity index (χ0v) is 26.0. The molecule has 0 aliphatic carbocycles. The van der Waals surface area contributed by atoms with Gasteiger partial charge in [0.1, 0.15) is 17.0 Å². The highest BCUT2D eigenvalue weighted by molar-refractivity contribution is 6.30. The van der Waals surface area contributed by atoms with E-state index in [1.807, 2.05) is 29.7 Å². The van der Waals surface area contributed by atoms with Crippen LogP contribution in [0.3, 0.4) is 0 Å². The van der Waals surface area contributed by atoms with Gasteiger partial charge in [-0.25, -0.2) is 9.97 Å². The van der Waals surface area contributed by atoms with Crippen LogP contribution in [0, 0.1) is 0 Å². The zero-order chi connectivity index (χ0) is 32.3. The Morgan fingerprint density at radius 2 is 1.85 bits per heavy atom. The lowest BCUT2D eigenvalue weighted by Crippen LogP contribution is -2.35. The van der Waals surface area contributed by atoms with Crippen LogP contribution in [0.15, 0.2) is 53.3 Å². The summed E-state index contributed by atoms with van der Waals surface area (Å²) in [6, 6.07) is 11.2. The van der Waals surface area contributed by atoms with Crippen molar-refractivity contribution in [2.45, 2.75) is 63.3 Å². The Labute approximate surface area is 271 Å². The largest absolute Gasteiger partial charge is 0.471 e. The third kappa shape index (κ3) is 5.68. The molecule has 8 rings (SSSR count). The van der Waals surface area contributed by atoms with Gasteiger partial charge in [-0.05, 0) is 62.5 Å². The molecule has 244 valence electrons. The van der Waals surface area contributed by atoms with Crippen LogP contribution in [0.25, 0.3) is 22.6 Å². The number of benzene rings is 1. The fourth-order valence-corrected chi connectivity index (χ4v) is 6.51. The van der Waals surface area contributed by atoms with Crippen LogP contribution in [0.1, 0.15) is 55.1 Å². The summed E-state index contributed by atoms with van der Waals surface area (Å²) in [7, 11) is 0. The van der Waals surface area contributed by atoms with Crippen LogP contribution in [-0.2, 0) is 29.8 Å². The summed E-state index contributed by atoms with van der Waals surface area (Å²) >= 11 is 6.04. The first-order valence-electron chi connectivity index (χ1n) is 15.4. The third-order valence-corrected chi connectivity index (χ3v) is 9.19. The Kier molecular flexibility index (Phi) is 7.33. The van der Waals surface area contributed by atoms with Crippen molar-refractivity contribution in [3.8, 4) is 22.9 Å². The van der Waals surface area contributed by atoms with Crippen LogP contribution in [0.4, 0.5) is 13.2 Å². The molecule has 3 aliphatic rings. The van der Waals surface area contributed by atoms with E-state index in [0.29, 0.717) is 47.3 Å². The molecule has 0 radical (unpaired) electrons. The van der Waals surface area contributed by atoms with Gasteiger partial charge in [0.15, 0.2) is 17.1 Å². The molecule has 2 saturated heterocycles. The number of nitrogens with zero attached hydrogens (tertiary/aromatic N) is 7. The number of hydrogen-bond acceptors (Lipinski definition) is 10. The van der Waals surface area contributed by atoms with Crippen molar-refractivity contribution in [1.82, 2.24) is 34.6 Å². The van der Waals surface area contributed by atoms with Crippen molar-refractivity contribution in [1.29, 1.82) is 0 Å². The van der Waals surface area contributed by atoms with E-state index in [4.69, 9.17) is 30.8 Å². The Morgan fingerprint density at radius 3 is 2.55 bits per heavy atom. The highest BCUT2D eigenvalue weighted by Crippen LogP contribution is 2.49.